The van der Waals surface area contributed by atoms with Crippen molar-refractivity contribution in [3.63, 3.8) is 0 Å². The Kier molecular flexibility index (Phi) is 5.93. The third kappa shape index (κ3) is 4.97. The minimum atomic E-state index is -5.07. The molecule has 4 aromatic rings. The molecule has 8 heteroatoms. The first kappa shape index (κ1) is 21.2. The lowest BCUT2D eigenvalue weighted by Crippen LogP contribution is -2.28. The highest BCUT2D eigenvalue weighted by molar-refractivity contribution is 5.82. The summed E-state index contributed by atoms with van der Waals surface area (Å²) >= 11 is 0. The third-order valence-corrected chi connectivity index (χ3v) is 4.58. The molecule has 0 saturated heterocycles. The van der Waals surface area contributed by atoms with E-state index in [2.05, 4.69) is 14.7 Å². The minimum Gasteiger partial charge on any atom is -0.486 e. The number of hydrogen-bond donors (Lipinski definition) is 1. The summed E-state index contributed by atoms with van der Waals surface area (Å²) in [6.45, 7) is 0.278. The maximum Gasteiger partial charge on any atom is 0.491 e. The van der Waals surface area contributed by atoms with Crippen LogP contribution in [0.2, 0.25) is 0 Å². The van der Waals surface area contributed by atoms with Crippen molar-refractivity contribution in [2.75, 3.05) is 0 Å². The van der Waals surface area contributed by atoms with Crippen LogP contribution in [-0.2, 0) is 11.4 Å². The van der Waals surface area contributed by atoms with Crippen LogP contribution in [0.4, 0.5) is 13.2 Å². The summed E-state index contributed by atoms with van der Waals surface area (Å²) in [5.74, 6) is -1.04. The molecule has 0 aliphatic heterocycles. The molecule has 0 bridgehead atoms. The lowest BCUT2D eigenvalue weighted by atomic mass is 10.0. The molecule has 0 aliphatic rings. The van der Waals surface area contributed by atoms with Crippen LogP contribution in [0.1, 0.15) is 5.82 Å². The van der Waals surface area contributed by atoms with Crippen molar-refractivity contribution in [2.45, 2.75) is 12.8 Å². The third-order valence-electron chi connectivity index (χ3n) is 4.58. The Morgan fingerprint density at radius 2 is 1.53 bits per heavy atom. The SMILES string of the molecule is O=C(Oc1ccccc1-c1ccc(-c2cnc(COc3ccccc3)[nH]2)cc1)C(F)(F)F. The van der Waals surface area contributed by atoms with Crippen LogP contribution in [0.25, 0.3) is 22.4 Å². The van der Waals surface area contributed by atoms with E-state index in [0.29, 0.717) is 17.0 Å². The maximum atomic E-state index is 12.6. The number of halogens is 3. The first-order chi connectivity index (χ1) is 15.4. The summed E-state index contributed by atoms with van der Waals surface area (Å²) in [7, 11) is 0. The fourth-order valence-electron chi connectivity index (χ4n) is 3.03. The molecular formula is C24H17F3N2O3. The van der Waals surface area contributed by atoms with E-state index in [1.165, 1.54) is 12.1 Å². The molecule has 0 unspecified atom stereocenters. The number of nitrogens with zero attached hydrogens (tertiary/aromatic N) is 1. The van der Waals surface area contributed by atoms with Crippen molar-refractivity contribution in [2.24, 2.45) is 0 Å². The van der Waals surface area contributed by atoms with Gasteiger partial charge in [-0.2, -0.15) is 13.2 Å². The maximum absolute atomic E-state index is 12.6. The van der Waals surface area contributed by atoms with Crippen LogP contribution in [0, 0.1) is 0 Å². The predicted octanol–water partition coefficient (Wildman–Crippen LogP) is 5.79. The second-order valence-electron chi connectivity index (χ2n) is 6.81. The van der Waals surface area contributed by atoms with Crippen LogP contribution < -0.4 is 9.47 Å². The Bertz CT molecular complexity index is 1200. The molecule has 3 aromatic carbocycles. The molecule has 0 radical (unpaired) electrons. The highest BCUT2D eigenvalue weighted by atomic mass is 19.4. The number of carbonyl (C=O) groups is 1. The molecule has 0 saturated carbocycles. The van der Waals surface area contributed by atoms with Crippen LogP contribution in [0.3, 0.4) is 0 Å². The van der Waals surface area contributed by atoms with E-state index in [1.54, 1.807) is 42.6 Å². The number of imidazole rings is 1. The smallest absolute Gasteiger partial charge is 0.486 e. The van der Waals surface area contributed by atoms with Crippen LogP contribution >= 0.6 is 0 Å². The van der Waals surface area contributed by atoms with Crippen molar-refractivity contribution in [3.05, 3.63) is 90.9 Å². The summed E-state index contributed by atoms with van der Waals surface area (Å²) in [5, 5.41) is 0. The summed E-state index contributed by atoms with van der Waals surface area (Å²) in [6.07, 6.45) is -3.39. The number of H-pyrrole nitrogens is 1. The number of benzene rings is 3. The van der Waals surface area contributed by atoms with Crippen molar-refractivity contribution >= 4 is 5.97 Å². The Morgan fingerprint density at radius 3 is 2.25 bits per heavy atom. The number of alkyl halides is 3. The molecule has 0 aliphatic carbocycles. The fraction of sp³-hybridized carbons (Fsp3) is 0.0833. The van der Waals surface area contributed by atoms with E-state index in [9.17, 15) is 18.0 Å². The number of aromatic nitrogens is 2. The first-order valence-corrected chi connectivity index (χ1v) is 9.61. The Balaban J connectivity index is 1.49. The molecular weight excluding hydrogens is 421 g/mol. The summed E-state index contributed by atoms with van der Waals surface area (Å²) in [5.41, 5.74) is 2.57. The van der Waals surface area contributed by atoms with E-state index in [1.807, 2.05) is 30.3 Å². The Labute approximate surface area is 181 Å². The summed E-state index contributed by atoms with van der Waals surface area (Å²) in [4.78, 5) is 18.7. The normalized spacial score (nSPS) is 11.2. The molecule has 4 rings (SSSR count). The van der Waals surface area contributed by atoms with Crippen molar-refractivity contribution in [1.29, 1.82) is 0 Å². The van der Waals surface area contributed by atoms with E-state index in [0.717, 1.165) is 17.0 Å². The van der Waals surface area contributed by atoms with E-state index in [4.69, 9.17) is 4.74 Å². The van der Waals surface area contributed by atoms with Crippen molar-refractivity contribution in [3.8, 4) is 33.9 Å². The number of ether oxygens (including phenoxy) is 2. The number of esters is 1. The Morgan fingerprint density at radius 1 is 0.875 bits per heavy atom. The average Bonchev–Trinajstić information content (AvgIpc) is 3.27. The molecule has 0 amide bonds. The van der Waals surface area contributed by atoms with Crippen LogP contribution in [0.5, 0.6) is 11.5 Å². The van der Waals surface area contributed by atoms with Gasteiger partial charge < -0.3 is 14.5 Å². The van der Waals surface area contributed by atoms with Gasteiger partial charge in [-0.1, -0.05) is 60.7 Å². The van der Waals surface area contributed by atoms with Gasteiger partial charge in [0.25, 0.3) is 0 Å². The number of nitrogens with one attached hydrogen (secondary N) is 1. The lowest BCUT2D eigenvalue weighted by Gasteiger charge is -2.12. The van der Waals surface area contributed by atoms with Gasteiger partial charge in [0.2, 0.25) is 0 Å². The van der Waals surface area contributed by atoms with Crippen molar-refractivity contribution < 1.29 is 27.4 Å². The average molecular weight is 438 g/mol. The number of aromatic amines is 1. The second kappa shape index (κ2) is 8.97. The van der Waals surface area contributed by atoms with E-state index >= 15 is 0 Å². The van der Waals surface area contributed by atoms with E-state index < -0.39 is 12.1 Å². The molecule has 162 valence electrons. The van der Waals surface area contributed by atoms with Crippen LogP contribution in [0.15, 0.2) is 85.1 Å². The monoisotopic (exact) mass is 438 g/mol. The van der Waals surface area contributed by atoms with Crippen molar-refractivity contribution in [1.82, 2.24) is 9.97 Å². The predicted molar refractivity (Wildman–Crippen MR) is 112 cm³/mol. The highest BCUT2D eigenvalue weighted by Gasteiger charge is 2.41. The largest absolute Gasteiger partial charge is 0.491 e. The van der Waals surface area contributed by atoms with Gasteiger partial charge in [0.1, 0.15) is 23.9 Å². The van der Waals surface area contributed by atoms with Gasteiger partial charge in [-0.15, -0.1) is 0 Å². The van der Waals surface area contributed by atoms with Gasteiger partial charge in [-0.3, -0.25) is 0 Å². The number of para-hydroxylation sites is 2. The van der Waals surface area contributed by atoms with Crippen LogP contribution in [-0.4, -0.2) is 22.1 Å². The summed E-state index contributed by atoms with van der Waals surface area (Å²) in [6, 6.07) is 22.5. The topological polar surface area (TPSA) is 64.2 Å². The van der Waals surface area contributed by atoms with Gasteiger partial charge in [-0.05, 0) is 29.3 Å². The van der Waals surface area contributed by atoms with Gasteiger partial charge in [0.05, 0.1) is 11.9 Å². The molecule has 0 fully saturated rings. The van der Waals surface area contributed by atoms with Gasteiger partial charge >= 0.3 is 12.1 Å². The molecule has 1 N–H and O–H groups in total. The highest BCUT2D eigenvalue weighted by Crippen LogP contribution is 2.32. The van der Waals surface area contributed by atoms with Gasteiger partial charge in [0, 0.05) is 5.56 Å². The minimum absolute atomic E-state index is 0.163. The Hall–Kier alpha value is -4.07. The number of carbonyl (C=O) groups excluding carboxylic acids is 1. The molecule has 5 nitrogen and oxygen atoms in total. The first-order valence-electron chi connectivity index (χ1n) is 9.61. The molecule has 1 heterocycles. The fourth-order valence-corrected chi connectivity index (χ4v) is 3.03. The number of hydrogen-bond acceptors (Lipinski definition) is 4. The van der Waals surface area contributed by atoms with Gasteiger partial charge in [0.15, 0.2) is 0 Å². The number of rotatable bonds is 6. The molecule has 32 heavy (non-hydrogen) atoms. The standard InChI is InChI=1S/C24H17F3N2O3/c25-24(26,27)23(30)32-21-9-5-4-8-19(21)16-10-12-17(13-11-16)20-14-28-22(29-20)15-31-18-6-2-1-3-7-18/h1-14H,15H2,(H,28,29). The zero-order valence-corrected chi connectivity index (χ0v) is 16.6. The molecule has 0 atom stereocenters. The van der Waals surface area contributed by atoms with Gasteiger partial charge in [-0.25, -0.2) is 9.78 Å². The lowest BCUT2D eigenvalue weighted by molar-refractivity contribution is -0.189. The molecule has 0 spiro atoms. The zero-order valence-electron chi connectivity index (χ0n) is 16.6. The summed E-state index contributed by atoms with van der Waals surface area (Å²) < 4.78 is 47.9. The van der Waals surface area contributed by atoms with E-state index in [-0.39, 0.29) is 12.4 Å². The molecule has 1 aromatic heterocycles. The second-order valence-corrected chi connectivity index (χ2v) is 6.81. The quantitative estimate of drug-likeness (QED) is 0.306. The zero-order chi connectivity index (χ0) is 22.6.